The highest BCUT2D eigenvalue weighted by atomic mass is 35.5. The lowest BCUT2D eigenvalue weighted by Gasteiger charge is -2.26. The smallest absolute Gasteiger partial charge is 0.243 e. The summed E-state index contributed by atoms with van der Waals surface area (Å²) in [6.07, 6.45) is 1.91. The molecule has 0 unspecified atom stereocenters. The van der Waals surface area contributed by atoms with Gasteiger partial charge in [0, 0.05) is 24.2 Å². The average Bonchev–Trinajstić information content (AvgIpc) is 3.01. The molecule has 0 radical (unpaired) electrons. The van der Waals surface area contributed by atoms with Gasteiger partial charge in [-0.3, -0.25) is 9.59 Å². The molecule has 0 atom stereocenters. The first-order chi connectivity index (χ1) is 12.9. The molecule has 2 aromatic carbocycles. The lowest BCUT2D eigenvalue weighted by Crippen LogP contribution is -2.58. The number of thioether (sulfide) groups is 1. The summed E-state index contributed by atoms with van der Waals surface area (Å²) in [5.41, 5.74) is 6.74. The molecule has 0 spiro atoms. The van der Waals surface area contributed by atoms with Crippen molar-refractivity contribution < 1.29 is 9.59 Å². The number of primary amides is 1. The van der Waals surface area contributed by atoms with Crippen LogP contribution in [0.4, 0.5) is 0 Å². The van der Waals surface area contributed by atoms with Crippen LogP contribution in [0, 0.1) is 0 Å². The fraction of sp³-hybridized carbons (Fsp3) is 0.300. The lowest BCUT2D eigenvalue weighted by molar-refractivity contribution is -0.131. The van der Waals surface area contributed by atoms with Gasteiger partial charge in [-0.2, -0.15) is 0 Å². The molecule has 2 aromatic rings. The maximum absolute atomic E-state index is 12.4. The largest absolute Gasteiger partial charge is 0.368 e. The van der Waals surface area contributed by atoms with E-state index in [-0.39, 0.29) is 5.91 Å². The van der Waals surface area contributed by atoms with Crippen molar-refractivity contribution in [3.05, 3.63) is 63.6 Å². The molecule has 0 bridgehead atoms. The molecule has 0 fully saturated rings. The van der Waals surface area contributed by atoms with E-state index in [9.17, 15) is 9.59 Å². The molecule has 0 aromatic heterocycles. The summed E-state index contributed by atoms with van der Waals surface area (Å²) >= 11 is 13.5. The van der Waals surface area contributed by atoms with Crippen molar-refractivity contribution in [2.45, 2.75) is 36.1 Å². The third-order valence-electron chi connectivity index (χ3n) is 4.66. The molecule has 0 aliphatic heterocycles. The summed E-state index contributed by atoms with van der Waals surface area (Å²) in [6, 6.07) is 13.3. The minimum absolute atomic E-state index is 0.156. The van der Waals surface area contributed by atoms with Crippen molar-refractivity contribution in [2.75, 3.05) is 5.75 Å². The van der Waals surface area contributed by atoms with E-state index >= 15 is 0 Å². The molecule has 142 valence electrons. The molecule has 0 heterocycles. The Balaban J connectivity index is 1.51. The minimum Gasteiger partial charge on any atom is -0.368 e. The molecule has 4 nitrogen and oxygen atoms in total. The number of halogens is 2. The van der Waals surface area contributed by atoms with Crippen LogP contribution in [0.2, 0.25) is 10.0 Å². The minimum atomic E-state index is -1.02. The van der Waals surface area contributed by atoms with Crippen molar-refractivity contribution in [2.24, 2.45) is 5.73 Å². The third-order valence-corrected chi connectivity index (χ3v) is 6.48. The number of rotatable bonds is 7. The van der Waals surface area contributed by atoms with Gasteiger partial charge in [-0.1, -0.05) is 47.5 Å². The zero-order valence-electron chi connectivity index (χ0n) is 14.6. The highest BCUT2D eigenvalue weighted by Gasteiger charge is 2.43. The van der Waals surface area contributed by atoms with Crippen molar-refractivity contribution in [1.29, 1.82) is 0 Å². The Morgan fingerprint density at radius 3 is 2.33 bits per heavy atom. The zero-order valence-corrected chi connectivity index (χ0v) is 17.0. The third kappa shape index (κ3) is 4.78. The lowest BCUT2D eigenvalue weighted by atomic mass is 9.94. The molecular weight excluding hydrogens is 403 g/mol. The van der Waals surface area contributed by atoms with Gasteiger partial charge >= 0.3 is 0 Å². The van der Waals surface area contributed by atoms with E-state index in [1.807, 2.05) is 36.4 Å². The fourth-order valence-electron chi connectivity index (χ4n) is 3.26. The topological polar surface area (TPSA) is 72.2 Å². The van der Waals surface area contributed by atoms with E-state index in [0.29, 0.717) is 35.7 Å². The van der Waals surface area contributed by atoms with Gasteiger partial charge < -0.3 is 11.1 Å². The van der Waals surface area contributed by atoms with E-state index in [1.54, 1.807) is 17.8 Å². The van der Waals surface area contributed by atoms with E-state index in [0.717, 1.165) is 21.8 Å². The highest BCUT2D eigenvalue weighted by Crippen LogP contribution is 2.31. The molecule has 3 rings (SSSR count). The van der Waals surface area contributed by atoms with Crippen LogP contribution in [0.5, 0.6) is 0 Å². The number of amides is 2. The Morgan fingerprint density at radius 1 is 1.07 bits per heavy atom. The molecule has 1 aliphatic carbocycles. The van der Waals surface area contributed by atoms with Crippen LogP contribution >= 0.6 is 35.0 Å². The molecule has 7 heteroatoms. The predicted octanol–water partition coefficient (Wildman–Crippen LogP) is 4.00. The summed E-state index contributed by atoms with van der Waals surface area (Å²) in [5.74, 6) is 0.114. The van der Waals surface area contributed by atoms with Crippen molar-refractivity contribution in [3.63, 3.8) is 0 Å². The summed E-state index contributed by atoms with van der Waals surface area (Å²) < 4.78 is 0. The Kier molecular flexibility index (Phi) is 6.35. The number of nitrogens with one attached hydrogen (secondary N) is 1. The summed E-state index contributed by atoms with van der Waals surface area (Å²) in [5, 5.41) is 3.93. The highest BCUT2D eigenvalue weighted by molar-refractivity contribution is 7.99. The maximum atomic E-state index is 12.4. The number of hydrogen-bond donors (Lipinski definition) is 2. The van der Waals surface area contributed by atoms with Gasteiger partial charge in [-0.15, -0.1) is 11.8 Å². The molecular formula is C20H20Cl2N2O2S. The van der Waals surface area contributed by atoms with Gasteiger partial charge in [-0.05, 0) is 41.5 Å². The Bertz CT molecular complexity index is 848. The second-order valence-electron chi connectivity index (χ2n) is 6.64. The monoisotopic (exact) mass is 422 g/mol. The van der Waals surface area contributed by atoms with Crippen LogP contribution in [-0.4, -0.2) is 23.1 Å². The van der Waals surface area contributed by atoms with Crippen LogP contribution in [-0.2, 0) is 22.4 Å². The molecule has 2 amide bonds. The normalized spacial score (nSPS) is 14.6. The molecule has 0 saturated heterocycles. The van der Waals surface area contributed by atoms with Crippen LogP contribution in [0.3, 0.4) is 0 Å². The maximum Gasteiger partial charge on any atom is 0.243 e. The van der Waals surface area contributed by atoms with Gasteiger partial charge in [0.05, 0.1) is 10.0 Å². The fourth-order valence-corrected chi connectivity index (χ4v) is 4.51. The van der Waals surface area contributed by atoms with Crippen LogP contribution < -0.4 is 11.1 Å². The van der Waals surface area contributed by atoms with E-state index in [2.05, 4.69) is 5.32 Å². The standard InChI is InChI=1S/C20H20Cl2N2O2S/c21-16-8-7-15(10-17(16)22)27-9-3-6-18(25)24-20(19(23)26)11-13-4-1-2-5-14(13)12-20/h1-2,4-5,7-8,10H,3,6,9,11-12H2,(H2,23,26)(H,24,25). The van der Waals surface area contributed by atoms with Crippen molar-refractivity contribution >= 4 is 46.8 Å². The average molecular weight is 423 g/mol. The Labute approximate surface area is 172 Å². The number of benzene rings is 2. The first-order valence-corrected chi connectivity index (χ1v) is 10.4. The molecule has 1 aliphatic rings. The number of hydrogen-bond acceptors (Lipinski definition) is 3. The van der Waals surface area contributed by atoms with Gasteiger partial charge in [0.25, 0.3) is 0 Å². The Hall–Kier alpha value is -1.69. The molecule has 0 saturated carbocycles. The Morgan fingerprint density at radius 2 is 1.74 bits per heavy atom. The van der Waals surface area contributed by atoms with Crippen LogP contribution in [0.1, 0.15) is 24.0 Å². The summed E-state index contributed by atoms with van der Waals surface area (Å²) in [7, 11) is 0. The molecule has 27 heavy (non-hydrogen) atoms. The van der Waals surface area contributed by atoms with E-state index in [4.69, 9.17) is 28.9 Å². The number of carbonyl (C=O) groups excluding carboxylic acids is 2. The van der Waals surface area contributed by atoms with Crippen molar-refractivity contribution in [3.8, 4) is 0 Å². The quantitative estimate of drug-likeness (QED) is 0.522. The number of fused-ring (bicyclic) bond motifs is 1. The first kappa shape index (κ1) is 20.1. The molecule has 3 N–H and O–H groups in total. The van der Waals surface area contributed by atoms with Crippen LogP contribution in [0.15, 0.2) is 47.4 Å². The zero-order chi connectivity index (χ0) is 19.4. The second kappa shape index (κ2) is 8.55. The second-order valence-corrected chi connectivity index (χ2v) is 8.63. The van der Waals surface area contributed by atoms with Gasteiger partial charge in [0.15, 0.2) is 0 Å². The summed E-state index contributed by atoms with van der Waals surface area (Å²) in [6.45, 7) is 0. The van der Waals surface area contributed by atoms with E-state index < -0.39 is 11.4 Å². The van der Waals surface area contributed by atoms with Crippen LogP contribution in [0.25, 0.3) is 0 Å². The SMILES string of the molecule is NC(=O)C1(NC(=O)CCCSc2ccc(Cl)c(Cl)c2)Cc2ccccc2C1. The number of nitrogens with two attached hydrogens (primary N) is 1. The van der Waals surface area contributed by atoms with Gasteiger partial charge in [0.2, 0.25) is 11.8 Å². The van der Waals surface area contributed by atoms with Crippen molar-refractivity contribution in [1.82, 2.24) is 5.32 Å². The predicted molar refractivity (Wildman–Crippen MR) is 110 cm³/mol. The van der Waals surface area contributed by atoms with E-state index in [1.165, 1.54) is 0 Å². The first-order valence-electron chi connectivity index (χ1n) is 8.65. The summed E-state index contributed by atoms with van der Waals surface area (Å²) in [4.78, 5) is 25.5. The van der Waals surface area contributed by atoms with Gasteiger partial charge in [-0.25, -0.2) is 0 Å². The number of carbonyl (C=O) groups is 2. The van der Waals surface area contributed by atoms with Gasteiger partial charge in [0.1, 0.15) is 5.54 Å².